The molecule has 1 amide bonds. The van der Waals surface area contributed by atoms with Crippen LogP contribution in [0.25, 0.3) is 0 Å². The molecule has 2 aromatic carbocycles. The Morgan fingerprint density at radius 2 is 1.70 bits per heavy atom. The molecule has 1 atom stereocenters. The van der Waals surface area contributed by atoms with E-state index in [4.69, 9.17) is 23.2 Å². The third-order valence-electron chi connectivity index (χ3n) is 5.33. The highest BCUT2D eigenvalue weighted by Gasteiger charge is 2.27. The van der Waals surface area contributed by atoms with Gasteiger partial charge < -0.3 is 5.32 Å². The number of rotatable bonds is 6. The average molecular weight is 405 g/mol. The molecule has 1 N–H and O–H groups in total. The van der Waals surface area contributed by atoms with Crippen LogP contribution in [0.4, 0.5) is 0 Å². The Labute approximate surface area is 171 Å². The summed E-state index contributed by atoms with van der Waals surface area (Å²) in [6.07, 6.45) is 2.61. The summed E-state index contributed by atoms with van der Waals surface area (Å²) in [5.74, 6) is 0.238. The third kappa shape index (κ3) is 5.25. The number of hydrogen-bond acceptors (Lipinski definition) is 2. The largest absolute Gasteiger partial charge is 0.349 e. The Kier molecular flexibility index (Phi) is 7.17. The normalized spacial score (nSPS) is 16.9. The lowest BCUT2D eigenvalue weighted by molar-refractivity contribution is -0.127. The van der Waals surface area contributed by atoms with E-state index in [1.807, 2.05) is 36.4 Å². The fourth-order valence-corrected chi connectivity index (χ4v) is 4.17. The molecule has 0 saturated carbocycles. The first kappa shape index (κ1) is 20.2. The summed E-state index contributed by atoms with van der Waals surface area (Å²) in [6, 6.07) is 15.9. The molecular formula is C22H26Cl2N2O. The highest BCUT2D eigenvalue weighted by molar-refractivity contribution is 6.35. The maximum atomic E-state index is 12.7. The van der Waals surface area contributed by atoms with Crippen molar-refractivity contribution >= 4 is 29.1 Å². The zero-order valence-corrected chi connectivity index (χ0v) is 17.1. The summed E-state index contributed by atoms with van der Waals surface area (Å²) < 4.78 is 0. The van der Waals surface area contributed by atoms with Crippen LogP contribution >= 0.6 is 23.2 Å². The van der Waals surface area contributed by atoms with Crippen molar-refractivity contribution in [2.75, 3.05) is 13.1 Å². The van der Waals surface area contributed by atoms with Crippen molar-refractivity contribution in [1.29, 1.82) is 0 Å². The first-order valence-electron chi connectivity index (χ1n) is 9.59. The van der Waals surface area contributed by atoms with Crippen LogP contribution in [0.5, 0.6) is 0 Å². The minimum atomic E-state index is 0.0701. The second-order valence-corrected chi connectivity index (χ2v) is 7.95. The molecule has 1 aliphatic rings. The molecule has 5 heteroatoms. The van der Waals surface area contributed by atoms with Crippen LogP contribution in [0, 0.1) is 5.92 Å². The van der Waals surface area contributed by atoms with E-state index in [1.165, 1.54) is 5.56 Å². The molecule has 144 valence electrons. The summed E-state index contributed by atoms with van der Waals surface area (Å²) in [4.78, 5) is 15.1. The molecule has 1 saturated heterocycles. The average Bonchev–Trinajstić information content (AvgIpc) is 2.70. The van der Waals surface area contributed by atoms with Gasteiger partial charge >= 0.3 is 0 Å². The monoisotopic (exact) mass is 404 g/mol. The number of likely N-dealkylation sites (tertiary alicyclic amines) is 1. The van der Waals surface area contributed by atoms with Crippen LogP contribution in [0.15, 0.2) is 48.5 Å². The molecule has 0 bridgehead atoms. The Bertz CT molecular complexity index is 738. The van der Waals surface area contributed by atoms with E-state index in [9.17, 15) is 4.79 Å². The number of piperidine rings is 1. The van der Waals surface area contributed by atoms with Crippen LogP contribution in [0.3, 0.4) is 0 Å². The van der Waals surface area contributed by atoms with E-state index in [0.29, 0.717) is 10.0 Å². The van der Waals surface area contributed by atoms with E-state index in [-0.39, 0.29) is 17.9 Å². The van der Waals surface area contributed by atoms with Gasteiger partial charge in [-0.25, -0.2) is 0 Å². The predicted octanol–water partition coefficient (Wildman–Crippen LogP) is 5.47. The Morgan fingerprint density at radius 3 is 2.30 bits per heavy atom. The molecular weight excluding hydrogens is 379 g/mol. The van der Waals surface area contributed by atoms with Gasteiger partial charge in [0.1, 0.15) is 0 Å². The Hall–Kier alpha value is -1.55. The van der Waals surface area contributed by atoms with Crippen molar-refractivity contribution in [3.63, 3.8) is 0 Å². The lowest BCUT2D eigenvalue weighted by atomic mass is 9.94. The summed E-state index contributed by atoms with van der Waals surface area (Å²) in [5.41, 5.74) is 2.14. The highest BCUT2D eigenvalue weighted by atomic mass is 35.5. The summed E-state index contributed by atoms with van der Waals surface area (Å²) in [6.45, 7) is 4.59. The second kappa shape index (κ2) is 9.59. The number of nitrogens with zero attached hydrogens (tertiary/aromatic N) is 1. The molecule has 3 nitrogen and oxygen atoms in total. The van der Waals surface area contributed by atoms with E-state index in [2.05, 4.69) is 29.3 Å². The molecule has 1 aliphatic heterocycles. The van der Waals surface area contributed by atoms with Crippen molar-refractivity contribution in [2.45, 2.75) is 38.8 Å². The molecule has 3 rings (SSSR count). The van der Waals surface area contributed by atoms with Crippen LogP contribution in [-0.2, 0) is 11.3 Å². The van der Waals surface area contributed by atoms with Crippen LogP contribution < -0.4 is 5.32 Å². The number of carbonyl (C=O) groups excluding carboxylic acids is 1. The van der Waals surface area contributed by atoms with E-state index in [1.54, 1.807) is 0 Å². The van der Waals surface area contributed by atoms with Gasteiger partial charge in [0.25, 0.3) is 0 Å². The number of hydrogen-bond donors (Lipinski definition) is 1. The number of nitrogens with one attached hydrogen (secondary N) is 1. The quantitative estimate of drug-likeness (QED) is 0.691. The molecule has 1 heterocycles. The van der Waals surface area contributed by atoms with Crippen LogP contribution in [-0.4, -0.2) is 23.9 Å². The fourth-order valence-electron chi connectivity index (χ4n) is 3.66. The zero-order chi connectivity index (χ0) is 19.2. The van der Waals surface area contributed by atoms with E-state index >= 15 is 0 Å². The molecule has 27 heavy (non-hydrogen) atoms. The van der Waals surface area contributed by atoms with Gasteiger partial charge in [-0.1, -0.05) is 66.5 Å². The topological polar surface area (TPSA) is 32.3 Å². The molecule has 0 aromatic heterocycles. The van der Waals surface area contributed by atoms with Gasteiger partial charge in [0.05, 0.1) is 6.04 Å². The van der Waals surface area contributed by atoms with Gasteiger partial charge in [0.15, 0.2) is 0 Å². The Morgan fingerprint density at radius 1 is 1.07 bits per heavy atom. The van der Waals surface area contributed by atoms with Gasteiger partial charge in [-0.05, 0) is 50.0 Å². The lowest BCUT2D eigenvalue weighted by Gasteiger charge is -2.32. The van der Waals surface area contributed by atoms with Crippen molar-refractivity contribution in [1.82, 2.24) is 10.2 Å². The zero-order valence-electron chi connectivity index (χ0n) is 15.6. The van der Waals surface area contributed by atoms with Crippen LogP contribution in [0.2, 0.25) is 10.0 Å². The first-order valence-corrected chi connectivity index (χ1v) is 10.3. The van der Waals surface area contributed by atoms with Gasteiger partial charge in [-0.2, -0.15) is 0 Å². The Balaban J connectivity index is 1.53. The molecule has 0 radical (unpaired) electrons. The van der Waals surface area contributed by atoms with Crippen molar-refractivity contribution in [3.8, 4) is 0 Å². The summed E-state index contributed by atoms with van der Waals surface area (Å²) in [5, 5.41) is 4.65. The second-order valence-electron chi connectivity index (χ2n) is 7.13. The highest BCUT2D eigenvalue weighted by Crippen LogP contribution is 2.28. The molecule has 1 fully saturated rings. The molecule has 1 unspecified atom stereocenters. The van der Waals surface area contributed by atoms with Gasteiger partial charge in [0.2, 0.25) is 5.91 Å². The maximum absolute atomic E-state index is 12.7. The number of carbonyl (C=O) groups is 1. The predicted molar refractivity (Wildman–Crippen MR) is 112 cm³/mol. The van der Waals surface area contributed by atoms with Gasteiger partial charge in [0, 0.05) is 28.1 Å². The van der Waals surface area contributed by atoms with E-state index in [0.717, 1.165) is 44.5 Å². The van der Waals surface area contributed by atoms with E-state index < -0.39 is 0 Å². The molecule has 0 spiro atoms. The smallest absolute Gasteiger partial charge is 0.223 e. The van der Waals surface area contributed by atoms with Crippen molar-refractivity contribution in [2.24, 2.45) is 5.92 Å². The minimum Gasteiger partial charge on any atom is -0.349 e. The summed E-state index contributed by atoms with van der Waals surface area (Å²) >= 11 is 12.6. The lowest BCUT2D eigenvalue weighted by Crippen LogP contribution is -2.41. The third-order valence-corrected chi connectivity index (χ3v) is 6.04. The number of amides is 1. The number of benzene rings is 2. The van der Waals surface area contributed by atoms with Gasteiger partial charge in [-0.15, -0.1) is 0 Å². The molecule has 0 aliphatic carbocycles. The van der Waals surface area contributed by atoms with Crippen molar-refractivity contribution < 1.29 is 4.79 Å². The summed E-state index contributed by atoms with van der Waals surface area (Å²) in [7, 11) is 0. The maximum Gasteiger partial charge on any atom is 0.223 e. The van der Waals surface area contributed by atoms with Crippen LogP contribution in [0.1, 0.15) is 43.4 Å². The fraction of sp³-hybridized carbons (Fsp3) is 0.409. The SMILES string of the molecule is CCC(NC(=O)C1CCN(Cc2c(Cl)cccc2Cl)CC1)c1ccccc1. The first-order chi connectivity index (χ1) is 13.1. The minimum absolute atomic E-state index is 0.0701. The van der Waals surface area contributed by atoms with Gasteiger partial charge in [-0.3, -0.25) is 9.69 Å². The van der Waals surface area contributed by atoms with Crippen molar-refractivity contribution in [3.05, 3.63) is 69.7 Å². The standard InChI is InChI=1S/C22H26Cl2N2O/c1-2-21(16-7-4-3-5-8-16)25-22(27)17-11-13-26(14-12-17)15-18-19(23)9-6-10-20(18)24/h3-10,17,21H,2,11-15H2,1H3,(H,25,27). The molecule has 2 aromatic rings. The number of halogens is 2.